The lowest BCUT2D eigenvalue weighted by Gasteiger charge is -2.23. The maximum absolute atomic E-state index is 6.49. The quantitative estimate of drug-likeness (QED) is 0.745. The van der Waals surface area contributed by atoms with Gasteiger partial charge in [-0.15, -0.1) is 11.6 Å². The summed E-state index contributed by atoms with van der Waals surface area (Å²) >= 11 is 6.49. The van der Waals surface area contributed by atoms with Crippen LogP contribution in [0.3, 0.4) is 0 Å². The van der Waals surface area contributed by atoms with Crippen molar-refractivity contribution in [2.24, 2.45) is 0 Å². The number of pyridine rings is 1. The number of nitrogens with zero attached hydrogens (tertiary/aromatic N) is 1. The monoisotopic (exact) mass is 303 g/mol. The molecule has 2 unspecified atom stereocenters. The third-order valence-corrected chi connectivity index (χ3v) is 4.54. The van der Waals surface area contributed by atoms with Crippen LogP contribution in [0.1, 0.15) is 37.8 Å². The molecule has 21 heavy (non-hydrogen) atoms. The Labute approximate surface area is 131 Å². The fourth-order valence-corrected chi connectivity index (χ4v) is 3.24. The van der Waals surface area contributed by atoms with Crippen molar-refractivity contribution in [2.75, 3.05) is 6.61 Å². The summed E-state index contributed by atoms with van der Waals surface area (Å²) in [4.78, 5) is 4.69. The van der Waals surface area contributed by atoms with Gasteiger partial charge in [-0.25, -0.2) is 0 Å². The van der Waals surface area contributed by atoms with Crippen LogP contribution in [0.4, 0.5) is 0 Å². The lowest BCUT2D eigenvalue weighted by molar-refractivity contribution is 0.0100. The summed E-state index contributed by atoms with van der Waals surface area (Å²) < 4.78 is 5.76. The van der Waals surface area contributed by atoms with Gasteiger partial charge >= 0.3 is 0 Å². The molecule has 0 saturated carbocycles. The van der Waals surface area contributed by atoms with Crippen LogP contribution in [-0.4, -0.2) is 23.1 Å². The van der Waals surface area contributed by atoms with Crippen molar-refractivity contribution >= 4 is 22.5 Å². The molecule has 3 heteroatoms. The molecule has 1 aromatic heterocycles. The molecule has 112 valence electrons. The minimum atomic E-state index is 0.143. The highest BCUT2D eigenvalue weighted by Crippen LogP contribution is 2.21. The van der Waals surface area contributed by atoms with Crippen LogP contribution >= 0.6 is 11.6 Å². The van der Waals surface area contributed by atoms with Crippen molar-refractivity contribution in [3.05, 3.63) is 42.1 Å². The van der Waals surface area contributed by atoms with Crippen LogP contribution in [0.2, 0.25) is 0 Å². The summed E-state index contributed by atoms with van der Waals surface area (Å²) in [6.07, 6.45) is 7.02. The SMILES string of the molecule is ClC(CCC1CCCCO1)Cc1ccc2ccccc2n1. The maximum atomic E-state index is 6.49. The first-order valence-corrected chi connectivity index (χ1v) is 8.35. The molecule has 1 fully saturated rings. The molecule has 1 aliphatic rings. The Bertz CT molecular complexity index is 580. The second-order valence-electron chi connectivity index (χ2n) is 5.86. The highest BCUT2D eigenvalue weighted by atomic mass is 35.5. The first-order valence-electron chi connectivity index (χ1n) is 7.91. The Hall–Kier alpha value is -1.12. The van der Waals surface area contributed by atoms with E-state index in [9.17, 15) is 0 Å². The van der Waals surface area contributed by atoms with Gasteiger partial charge < -0.3 is 4.74 Å². The molecule has 0 bridgehead atoms. The molecule has 1 aromatic carbocycles. The van der Waals surface area contributed by atoms with E-state index in [0.29, 0.717) is 6.10 Å². The summed E-state index contributed by atoms with van der Waals surface area (Å²) in [6.45, 7) is 0.920. The molecule has 0 amide bonds. The van der Waals surface area contributed by atoms with Crippen LogP contribution in [0, 0.1) is 0 Å². The normalized spacial score (nSPS) is 20.5. The summed E-state index contributed by atoms with van der Waals surface area (Å²) in [5.74, 6) is 0. The van der Waals surface area contributed by atoms with Gasteiger partial charge in [0, 0.05) is 29.5 Å². The number of rotatable bonds is 5. The van der Waals surface area contributed by atoms with E-state index in [1.54, 1.807) is 0 Å². The van der Waals surface area contributed by atoms with Gasteiger partial charge in [-0.1, -0.05) is 24.3 Å². The largest absolute Gasteiger partial charge is 0.378 e. The molecule has 2 nitrogen and oxygen atoms in total. The average Bonchev–Trinajstić information content (AvgIpc) is 2.54. The molecule has 0 aliphatic carbocycles. The first kappa shape index (κ1) is 14.8. The Balaban J connectivity index is 1.54. The second kappa shape index (κ2) is 7.24. The highest BCUT2D eigenvalue weighted by Gasteiger charge is 2.16. The minimum absolute atomic E-state index is 0.143. The summed E-state index contributed by atoms with van der Waals surface area (Å²) in [5, 5.41) is 1.33. The Morgan fingerprint density at radius 1 is 1.19 bits per heavy atom. The standard InChI is InChI=1S/C18H22ClNO/c19-15(9-11-17-6-3-4-12-21-17)13-16-10-8-14-5-1-2-7-18(14)20-16/h1-2,5,7-8,10,15,17H,3-4,6,9,11-13H2. The number of ether oxygens (including phenoxy) is 1. The van der Waals surface area contributed by atoms with E-state index in [2.05, 4.69) is 24.3 Å². The highest BCUT2D eigenvalue weighted by molar-refractivity contribution is 6.20. The average molecular weight is 304 g/mol. The molecule has 0 radical (unpaired) electrons. The van der Waals surface area contributed by atoms with E-state index in [1.807, 2.05) is 12.1 Å². The van der Waals surface area contributed by atoms with Crippen molar-refractivity contribution in [3.63, 3.8) is 0 Å². The van der Waals surface area contributed by atoms with E-state index >= 15 is 0 Å². The number of halogens is 1. The third-order valence-electron chi connectivity index (χ3n) is 4.16. The van der Waals surface area contributed by atoms with E-state index < -0.39 is 0 Å². The Morgan fingerprint density at radius 3 is 2.95 bits per heavy atom. The number of hydrogen-bond donors (Lipinski definition) is 0. The molecule has 2 aromatic rings. The number of fused-ring (bicyclic) bond motifs is 1. The summed E-state index contributed by atoms with van der Waals surface area (Å²) in [6, 6.07) is 12.4. The molecular formula is C18H22ClNO. The Morgan fingerprint density at radius 2 is 2.10 bits per heavy atom. The smallest absolute Gasteiger partial charge is 0.0705 e. The fourth-order valence-electron chi connectivity index (χ4n) is 2.95. The van der Waals surface area contributed by atoms with Gasteiger partial charge in [0.2, 0.25) is 0 Å². The van der Waals surface area contributed by atoms with Gasteiger partial charge in [0.1, 0.15) is 0 Å². The number of hydrogen-bond acceptors (Lipinski definition) is 2. The zero-order chi connectivity index (χ0) is 14.5. The predicted octanol–water partition coefficient (Wildman–Crippen LogP) is 4.73. The first-order chi connectivity index (χ1) is 10.3. The summed E-state index contributed by atoms with van der Waals surface area (Å²) in [7, 11) is 0. The van der Waals surface area contributed by atoms with Gasteiger partial charge in [0.15, 0.2) is 0 Å². The van der Waals surface area contributed by atoms with Gasteiger partial charge in [0.25, 0.3) is 0 Å². The van der Waals surface area contributed by atoms with Crippen LogP contribution < -0.4 is 0 Å². The number of aromatic nitrogens is 1. The van der Waals surface area contributed by atoms with E-state index in [1.165, 1.54) is 24.6 Å². The fraction of sp³-hybridized carbons (Fsp3) is 0.500. The maximum Gasteiger partial charge on any atom is 0.0705 e. The van der Waals surface area contributed by atoms with Crippen LogP contribution in [0.25, 0.3) is 10.9 Å². The Kier molecular flexibility index (Phi) is 5.10. The molecular weight excluding hydrogens is 282 g/mol. The van der Waals surface area contributed by atoms with E-state index in [-0.39, 0.29) is 5.38 Å². The molecule has 0 N–H and O–H groups in total. The van der Waals surface area contributed by atoms with Crippen molar-refractivity contribution in [1.29, 1.82) is 0 Å². The third kappa shape index (κ3) is 4.18. The molecule has 1 aliphatic heterocycles. The molecule has 2 atom stereocenters. The van der Waals surface area contributed by atoms with Crippen LogP contribution in [0.15, 0.2) is 36.4 Å². The second-order valence-corrected chi connectivity index (χ2v) is 6.48. The van der Waals surface area contributed by atoms with Gasteiger partial charge in [0.05, 0.1) is 11.6 Å². The topological polar surface area (TPSA) is 22.1 Å². The van der Waals surface area contributed by atoms with Crippen molar-refractivity contribution in [2.45, 2.75) is 50.0 Å². The minimum Gasteiger partial charge on any atom is -0.378 e. The zero-order valence-corrected chi connectivity index (χ0v) is 13.1. The molecule has 1 saturated heterocycles. The number of para-hydroxylation sites is 1. The van der Waals surface area contributed by atoms with Gasteiger partial charge in [-0.3, -0.25) is 4.98 Å². The number of benzene rings is 1. The van der Waals surface area contributed by atoms with Crippen LogP contribution in [-0.2, 0) is 11.2 Å². The molecule has 0 spiro atoms. The van der Waals surface area contributed by atoms with E-state index in [4.69, 9.17) is 21.3 Å². The predicted molar refractivity (Wildman–Crippen MR) is 87.9 cm³/mol. The zero-order valence-electron chi connectivity index (χ0n) is 12.3. The van der Waals surface area contributed by atoms with Crippen molar-refractivity contribution in [1.82, 2.24) is 4.98 Å². The summed E-state index contributed by atoms with van der Waals surface area (Å²) in [5.41, 5.74) is 2.13. The van der Waals surface area contributed by atoms with Crippen molar-refractivity contribution in [3.8, 4) is 0 Å². The van der Waals surface area contributed by atoms with Gasteiger partial charge in [-0.2, -0.15) is 0 Å². The lowest BCUT2D eigenvalue weighted by Crippen LogP contribution is -2.20. The van der Waals surface area contributed by atoms with Crippen molar-refractivity contribution < 1.29 is 4.74 Å². The van der Waals surface area contributed by atoms with Gasteiger partial charge in [-0.05, 0) is 44.2 Å². The molecule has 2 heterocycles. The lowest BCUT2D eigenvalue weighted by atomic mass is 10.0. The van der Waals surface area contributed by atoms with Crippen LogP contribution in [0.5, 0.6) is 0 Å². The molecule has 3 rings (SSSR count). The van der Waals surface area contributed by atoms with E-state index in [0.717, 1.165) is 37.1 Å². The number of alkyl halides is 1.